The highest BCUT2D eigenvalue weighted by Gasteiger charge is 2.21. The van der Waals surface area contributed by atoms with Crippen LogP contribution in [0, 0.1) is 0 Å². The Balaban J connectivity index is 2.14. The highest BCUT2D eigenvalue weighted by Crippen LogP contribution is 2.40. The van der Waals surface area contributed by atoms with Gasteiger partial charge in [0.2, 0.25) is 0 Å². The molecule has 6 nitrogen and oxygen atoms in total. The molecule has 2 N–H and O–H groups in total. The van der Waals surface area contributed by atoms with Gasteiger partial charge in [-0.25, -0.2) is 0 Å². The molecule has 1 aliphatic heterocycles. The van der Waals surface area contributed by atoms with E-state index in [0.717, 1.165) is 10.5 Å². The van der Waals surface area contributed by atoms with Crippen LogP contribution in [-0.2, 0) is 0 Å². The van der Waals surface area contributed by atoms with E-state index >= 15 is 0 Å². The van der Waals surface area contributed by atoms with Crippen molar-refractivity contribution in [3.05, 3.63) is 73.7 Å². The summed E-state index contributed by atoms with van der Waals surface area (Å²) in [6.45, 7) is 3.38. The second kappa shape index (κ2) is 8.12. The molecule has 0 aliphatic carbocycles. The van der Waals surface area contributed by atoms with Gasteiger partial charge in [-0.2, -0.15) is 9.19 Å². The Morgan fingerprint density at radius 3 is 2.67 bits per heavy atom. The van der Waals surface area contributed by atoms with Crippen molar-refractivity contribution in [3.8, 4) is 11.3 Å². The SMILES string of the molecule is CC1=CC=C[SH]1n1nc(-c2ccc(Cl)cc2)cc(C(=O)N[C@@H](C)CO)c1=O. The topological polar surface area (TPSA) is 84.2 Å². The average molecular weight is 406 g/mol. The lowest BCUT2D eigenvalue weighted by atomic mass is 10.1. The predicted octanol–water partition coefficient (Wildman–Crippen LogP) is 2.87. The Morgan fingerprint density at radius 1 is 1.37 bits per heavy atom. The van der Waals surface area contributed by atoms with Gasteiger partial charge >= 0.3 is 0 Å². The summed E-state index contributed by atoms with van der Waals surface area (Å²) in [5.41, 5.74) is 0.785. The number of rotatable bonds is 5. The molecule has 142 valence electrons. The Labute approximate surface area is 164 Å². The first-order valence-electron chi connectivity index (χ1n) is 8.37. The molecule has 2 heterocycles. The van der Waals surface area contributed by atoms with Crippen LogP contribution < -0.4 is 10.9 Å². The molecule has 3 rings (SSSR count). The largest absolute Gasteiger partial charge is 0.394 e. The summed E-state index contributed by atoms with van der Waals surface area (Å²) in [5, 5.41) is 18.8. The number of nitrogens with one attached hydrogen (secondary N) is 1. The molecule has 0 saturated heterocycles. The lowest BCUT2D eigenvalue weighted by Crippen LogP contribution is -2.39. The molecule has 1 aromatic carbocycles. The quantitative estimate of drug-likeness (QED) is 0.668. The van der Waals surface area contributed by atoms with Crippen LogP contribution in [0.25, 0.3) is 11.3 Å². The zero-order valence-electron chi connectivity index (χ0n) is 14.9. The van der Waals surface area contributed by atoms with E-state index in [-0.39, 0.29) is 12.2 Å². The number of carbonyl (C=O) groups is 1. The number of nitrogens with zero attached hydrogens (tertiary/aromatic N) is 2. The third kappa shape index (κ3) is 4.16. The van der Waals surface area contributed by atoms with E-state index in [2.05, 4.69) is 10.4 Å². The first-order valence-corrected chi connectivity index (χ1v) is 10.1. The van der Waals surface area contributed by atoms with Gasteiger partial charge in [0.05, 0.1) is 12.3 Å². The summed E-state index contributed by atoms with van der Waals surface area (Å²) in [6.07, 6.45) is 3.82. The Morgan fingerprint density at radius 2 is 2.07 bits per heavy atom. The molecule has 8 heteroatoms. The normalized spacial score (nSPS) is 18.2. The fourth-order valence-corrected chi connectivity index (χ4v) is 4.34. The second-order valence-corrected chi connectivity index (χ2v) is 8.70. The molecular weight excluding hydrogens is 386 g/mol. The van der Waals surface area contributed by atoms with Crippen LogP contribution in [0.5, 0.6) is 0 Å². The monoisotopic (exact) mass is 405 g/mol. The van der Waals surface area contributed by atoms with Gasteiger partial charge in [0.25, 0.3) is 11.5 Å². The van der Waals surface area contributed by atoms with E-state index in [1.807, 2.05) is 24.5 Å². The maximum Gasteiger partial charge on any atom is 0.288 e. The maximum atomic E-state index is 13.0. The third-order valence-electron chi connectivity index (χ3n) is 4.06. The molecule has 1 aromatic heterocycles. The molecule has 0 radical (unpaired) electrons. The number of aliphatic hydroxyl groups is 1. The Bertz CT molecular complexity index is 983. The number of amides is 1. The van der Waals surface area contributed by atoms with Crippen LogP contribution in [-0.4, -0.2) is 32.8 Å². The standard InChI is InChI=1S/C19H20ClN3O3S/c1-12(11-24)21-18(25)16-10-17(14-5-7-15(20)8-6-14)22-23(19(16)26)27-9-3-4-13(27)2/h3-10,12,24,27H,11H2,1-2H3,(H,21,25)/t12-/m0/s1. The first-order chi connectivity index (χ1) is 12.9. The fourth-order valence-electron chi connectivity index (χ4n) is 2.57. The van der Waals surface area contributed by atoms with Crippen molar-refractivity contribution in [2.24, 2.45) is 0 Å². The highest BCUT2D eigenvalue weighted by atomic mass is 35.5. The second-order valence-electron chi connectivity index (χ2n) is 6.20. The summed E-state index contributed by atoms with van der Waals surface area (Å²) in [5.74, 6) is -0.535. The molecule has 2 atom stereocenters. The van der Waals surface area contributed by atoms with Gasteiger partial charge in [-0.15, -0.1) is 11.1 Å². The van der Waals surface area contributed by atoms with Crippen LogP contribution in [0.3, 0.4) is 0 Å². The number of carbonyl (C=O) groups excluding carboxylic acids is 1. The van der Waals surface area contributed by atoms with E-state index in [0.29, 0.717) is 10.7 Å². The minimum atomic E-state index is -1.08. The van der Waals surface area contributed by atoms with E-state index in [4.69, 9.17) is 11.6 Å². The summed E-state index contributed by atoms with van der Waals surface area (Å²) in [4.78, 5) is 26.6. The lowest BCUT2D eigenvalue weighted by molar-refractivity contribution is 0.0920. The number of aromatic nitrogens is 2. The van der Waals surface area contributed by atoms with Crippen molar-refractivity contribution in [3.63, 3.8) is 0 Å². The molecule has 0 saturated carbocycles. The lowest BCUT2D eigenvalue weighted by Gasteiger charge is -2.19. The van der Waals surface area contributed by atoms with Crippen LogP contribution in [0.2, 0.25) is 5.02 Å². The van der Waals surface area contributed by atoms with Gasteiger partial charge < -0.3 is 10.4 Å². The van der Waals surface area contributed by atoms with Crippen LogP contribution in [0.4, 0.5) is 0 Å². The highest BCUT2D eigenvalue weighted by molar-refractivity contribution is 8.21. The number of allylic oxidation sites excluding steroid dienone is 3. The van der Waals surface area contributed by atoms with Gasteiger partial charge in [-0.3, -0.25) is 9.59 Å². The van der Waals surface area contributed by atoms with Gasteiger partial charge in [-0.05, 0) is 42.4 Å². The van der Waals surface area contributed by atoms with Gasteiger partial charge in [0, 0.05) is 16.6 Å². The summed E-state index contributed by atoms with van der Waals surface area (Å²) in [7, 11) is 0. The predicted molar refractivity (Wildman–Crippen MR) is 110 cm³/mol. The summed E-state index contributed by atoms with van der Waals surface area (Å²) >= 11 is 4.87. The Kier molecular flexibility index (Phi) is 5.84. The van der Waals surface area contributed by atoms with Crippen molar-refractivity contribution < 1.29 is 9.90 Å². The molecule has 0 spiro atoms. The number of hydrogen-bond acceptors (Lipinski definition) is 4. The first kappa shape index (κ1) is 19.4. The van der Waals surface area contributed by atoms with Crippen molar-refractivity contribution in [2.45, 2.75) is 19.9 Å². The van der Waals surface area contributed by atoms with Crippen LogP contribution in [0.15, 0.2) is 57.6 Å². The zero-order chi connectivity index (χ0) is 19.6. The molecule has 0 fully saturated rings. The van der Waals surface area contributed by atoms with Crippen LogP contribution >= 0.6 is 22.7 Å². The van der Waals surface area contributed by atoms with Gasteiger partial charge in [0.1, 0.15) is 5.56 Å². The van der Waals surface area contributed by atoms with Crippen molar-refractivity contribution in [2.75, 3.05) is 6.61 Å². The molecule has 0 bridgehead atoms. The summed E-state index contributed by atoms with van der Waals surface area (Å²) < 4.78 is 1.38. The molecule has 1 aliphatic rings. The number of thiol groups is 1. The minimum absolute atomic E-state index is 0.00847. The number of halogens is 1. The fraction of sp³-hybridized carbons (Fsp3) is 0.211. The van der Waals surface area contributed by atoms with Crippen molar-refractivity contribution in [1.29, 1.82) is 0 Å². The molecule has 1 unspecified atom stereocenters. The van der Waals surface area contributed by atoms with E-state index < -0.39 is 28.6 Å². The van der Waals surface area contributed by atoms with Crippen molar-refractivity contribution >= 4 is 28.6 Å². The van der Waals surface area contributed by atoms with E-state index in [1.54, 1.807) is 31.2 Å². The maximum absolute atomic E-state index is 13.0. The molecular formula is C19H20ClN3O3S. The van der Waals surface area contributed by atoms with Crippen LogP contribution in [0.1, 0.15) is 24.2 Å². The molecule has 2 aromatic rings. The number of aliphatic hydroxyl groups excluding tert-OH is 1. The zero-order valence-corrected chi connectivity index (χ0v) is 16.5. The van der Waals surface area contributed by atoms with Gasteiger partial charge in [-0.1, -0.05) is 35.9 Å². The van der Waals surface area contributed by atoms with Crippen molar-refractivity contribution in [1.82, 2.24) is 14.5 Å². The Hall–Kier alpha value is -2.35. The smallest absolute Gasteiger partial charge is 0.288 e. The average Bonchev–Trinajstić information content (AvgIpc) is 3.08. The third-order valence-corrected chi connectivity index (χ3v) is 6.32. The number of benzene rings is 1. The number of hydrogen-bond donors (Lipinski definition) is 3. The molecule has 27 heavy (non-hydrogen) atoms. The van der Waals surface area contributed by atoms with E-state index in [9.17, 15) is 14.7 Å². The molecule has 1 amide bonds. The summed E-state index contributed by atoms with van der Waals surface area (Å²) in [6, 6.07) is 8.06. The van der Waals surface area contributed by atoms with Gasteiger partial charge in [0.15, 0.2) is 0 Å². The minimum Gasteiger partial charge on any atom is -0.394 e. The van der Waals surface area contributed by atoms with E-state index in [1.165, 1.54) is 10.2 Å².